The second-order valence-corrected chi connectivity index (χ2v) is 4.52. The first-order valence-electron chi connectivity index (χ1n) is 5.91. The van der Waals surface area contributed by atoms with Gasteiger partial charge in [-0.3, -0.25) is 4.79 Å². The first-order chi connectivity index (χ1) is 8.58. The number of aromatic nitrogens is 2. The molecule has 0 bridgehead atoms. The van der Waals surface area contributed by atoms with Crippen LogP contribution in [-0.4, -0.2) is 15.5 Å². The van der Waals surface area contributed by atoms with Crippen LogP contribution >= 0.6 is 0 Å². The molecule has 0 spiro atoms. The fraction of sp³-hybridized carbons (Fsp3) is 0.286. The molecule has 1 aromatic carbocycles. The van der Waals surface area contributed by atoms with Gasteiger partial charge in [0.25, 0.3) is 0 Å². The van der Waals surface area contributed by atoms with Crippen molar-refractivity contribution in [1.29, 1.82) is 0 Å². The first-order valence-corrected chi connectivity index (χ1v) is 5.91. The largest absolute Gasteiger partial charge is 0.345 e. The van der Waals surface area contributed by atoms with E-state index >= 15 is 0 Å². The van der Waals surface area contributed by atoms with E-state index in [0.29, 0.717) is 6.54 Å². The van der Waals surface area contributed by atoms with Gasteiger partial charge in [-0.2, -0.15) is 0 Å². The molecular weight excluding hydrogens is 226 g/mol. The van der Waals surface area contributed by atoms with Crippen LogP contribution in [-0.2, 0) is 18.4 Å². The quantitative estimate of drug-likeness (QED) is 0.840. The summed E-state index contributed by atoms with van der Waals surface area (Å²) in [6.45, 7) is 4.23. The maximum absolute atomic E-state index is 11.5. The molecule has 1 amide bonds. The molecule has 94 valence electrons. The van der Waals surface area contributed by atoms with Crippen molar-refractivity contribution >= 4 is 16.9 Å². The van der Waals surface area contributed by atoms with Gasteiger partial charge in [0.15, 0.2) is 0 Å². The predicted molar refractivity (Wildman–Crippen MR) is 72.0 cm³/mol. The van der Waals surface area contributed by atoms with Gasteiger partial charge in [0.2, 0.25) is 5.91 Å². The number of carbonyl (C=O) groups is 1. The fourth-order valence-electron chi connectivity index (χ4n) is 1.83. The third-order valence-corrected chi connectivity index (χ3v) is 2.72. The van der Waals surface area contributed by atoms with Crippen LogP contribution in [0.15, 0.2) is 35.9 Å². The Morgan fingerprint density at radius 3 is 2.78 bits per heavy atom. The van der Waals surface area contributed by atoms with Gasteiger partial charge in [0.1, 0.15) is 5.82 Å². The number of amides is 1. The van der Waals surface area contributed by atoms with E-state index in [2.05, 4.69) is 10.3 Å². The number of aryl methyl sites for hydroxylation is 1. The molecule has 0 fully saturated rings. The molecule has 0 aliphatic heterocycles. The number of imidazole rings is 1. The summed E-state index contributed by atoms with van der Waals surface area (Å²) < 4.78 is 2.00. The SMILES string of the molecule is CC(C)=CC(=O)NCc1nc2ccccc2n1C. The number of rotatable bonds is 3. The van der Waals surface area contributed by atoms with Crippen LogP contribution in [0.2, 0.25) is 0 Å². The molecule has 1 N–H and O–H groups in total. The standard InChI is InChI=1S/C14H17N3O/c1-10(2)8-14(18)15-9-13-16-11-6-4-5-7-12(11)17(13)3/h4-8H,9H2,1-3H3,(H,15,18). The molecule has 0 radical (unpaired) electrons. The van der Waals surface area contributed by atoms with Gasteiger partial charge in [-0.05, 0) is 26.0 Å². The van der Waals surface area contributed by atoms with Crippen molar-refractivity contribution in [3.05, 3.63) is 41.7 Å². The van der Waals surface area contributed by atoms with Crippen molar-refractivity contribution in [3.8, 4) is 0 Å². The van der Waals surface area contributed by atoms with E-state index < -0.39 is 0 Å². The summed E-state index contributed by atoms with van der Waals surface area (Å²) >= 11 is 0. The average Bonchev–Trinajstić information content (AvgIpc) is 2.64. The molecule has 0 aliphatic carbocycles. The van der Waals surface area contributed by atoms with Crippen LogP contribution in [0.5, 0.6) is 0 Å². The zero-order valence-corrected chi connectivity index (χ0v) is 10.9. The zero-order valence-electron chi connectivity index (χ0n) is 10.9. The van der Waals surface area contributed by atoms with Gasteiger partial charge in [0, 0.05) is 13.1 Å². The monoisotopic (exact) mass is 243 g/mol. The maximum atomic E-state index is 11.5. The summed E-state index contributed by atoms with van der Waals surface area (Å²) in [5.74, 6) is 0.772. The highest BCUT2D eigenvalue weighted by Crippen LogP contribution is 2.13. The van der Waals surface area contributed by atoms with Gasteiger partial charge in [-0.1, -0.05) is 17.7 Å². The third kappa shape index (κ3) is 2.59. The molecule has 4 nitrogen and oxygen atoms in total. The molecule has 2 aromatic rings. The Hall–Kier alpha value is -2.10. The summed E-state index contributed by atoms with van der Waals surface area (Å²) in [7, 11) is 1.96. The van der Waals surface area contributed by atoms with Gasteiger partial charge >= 0.3 is 0 Å². The molecule has 0 unspecified atom stereocenters. The molecular formula is C14H17N3O. The number of allylic oxidation sites excluding steroid dienone is 1. The van der Waals surface area contributed by atoms with Crippen molar-refractivity contribution in [2.75, 3.05) is 0 Å². The molecule has 0 aliphatic rings. The van der Waals surface area contributed by atoms with Crippen molar-refractivity contribution in [2.45, 2.75) is 20.4 Å². The number of para-hydroxylation sites is 2. The second-order valence-electron chi connectivity index (χ2n) is 4.52. The van der Waals surface area contributed by atoms with Crippen molar-refractivity contribution in [3.63, 3.8) is 0 Å². The van der Waals surface area contributed by atoms with E-state index in [9.17, 15) is 4.79 Å². The number of fused-ring (bicyclic) bond motifs is 1. The Labute approximate surface area is 106 Å². The number of hydrogen-bond donors (Lipinski definition) is 1. The molecule has 2 rings (SSSR count). The summed E-state index contributed by atoms with van der Waals surface area (Å²) in [5, 5.41) is 2.83. The molecule has 0 atom stereocenters. The van der Waals surface area contributed by atoms with Crippen LogP contribution in [0.4, 0.5) is 0 Å². The number of benzene rings is 1. The minimum atomic E-state index is -0.0814. The van der Waals surface area contributed by atoms with E-state index in [1.165, 1.54) is 0 Å². The highest BCUT2D eigenvalue weighted by molar-refractivity contribution is 5.88. The highest BCUT2D eigenvalue weighted by atomic mass is 16.1. The van der Waals surface area contributed by atoms with E-state index in [1.54, 1.807) is 6.08 Å². The van der Waals surface area contributed by atoms with Gasteiger partial charge in [-0.15, -0.1) is 0 Å². The van der Waals surface area contributed by atoms with Gasteiger partial charge in [0.05, 0.1) is 17.6 Å². The summed E-state index contributed by atoms with van der Waals surface area (Å²) in [5.41, 5.74) is 3.01. The Balaban J connectivity index is 2.15. The van der Waals surface area contributed by atoms with E-state index in [-0.39, 0.29) is 5.91 Å². The summed E-state index contributed by atoms with van der Waals surface area (Å²) in [6, 6.07) is 7.93. The van der Waals surface area contributed by atoms with Crippen LogP contribution in [0, 0.1) is 0 Å². The summed E-state index contributed by atoms with van der Waals surface area (Å²) in [4.78, 5) is 16.0. The minimum Gasteiger partial charge on any atom is -0.345 e. The molecule has 1 heterocycles. The van der Waals surface area contributed by atoms with Crippen molar-refractivity contribution in [1.82, 2.24) is 14.9 Å². The molecule has 0 saturated heterocycles. The second kappa shape index (κ2) is 5.04. The predicted octanol–water partition coefficient (Wildman–Crippen LogP) is 2.16. The van der Waals surface area contributed by atoms with Crippen molar-refractivity contribution < 1.29 is 4.79 Å². The average molecular weight is 243 g/mol. The smallest absolute Gasteiger partial charge is 0.244 e. The minimum absolute atomic E-state index is 0.0814. The first kappa shape index (κ1) is 12.4. The zero-order chi connectivity index (χ0) is 13.1. The number of hydrogen-bond acceptors (Lipinski definition) is 2. The van der Waals surface area contributed by atoms with Crippen LogP contribution in [0.25, 0.3) is 11.0 Å². The lowest BCUT2D eigenvalue weighted by Crippen LogP contribution is -2.22. The molecule has 1 aromatic heterocycles. The Kier molecular flexibility index (Phi) is 3.46. The third-order valence-electron chi connectivity index (χ3n) is 2.72. The highest BCUT2D eigenvalue weighted by Gasteiger charge is 2.07. The van der Waals surface area contributed by atoms with Crippen LogP contribution < -0.4 is 5.32 Å². The molecule has 4 heteroatoms. The normalized spacial score (nSPS) is 10.4. The lowest BCUT2D eigenvalue weighted by atomic mass is 10.3. The summed E-state index contributed by atoms with van der Waals surface area (Å²) in [6.07, 6.45) is 1.59. The van der Waals surface area contributed by atoms with Crippen LogP contribution in [0.1, 0.15) is 19.7 Å². The van der Waals surface area contributed by atoms with E-state index in [0.717, 1.165) is 22.4 Å². The van der Waals surface area contributed by atoms with Crippen molar-refractivity contribution in [2.24, 2.45) is 7.05 Å². The Morgan fingerprint density at radius 2 is 2.11 bits per heavy atom. The lowest BCUT2D eigenvalue weighted by molar-refractivity contribution is -0.116. The topological polar surface area (TPSA) is 46.9 Å². The Bertz CT molecular complexity index is 607. The van der Waals surface area contributed by atoms with E-state index in [1.807, 2.05) is 49.7 Å². The maximum Gasteiger partial charge on any atom is 0.244 e. The molecule has 18 heavy (non-hydrogen) atoms. The molecule has 0 saturated carbocycles. The Morgan fingerprint density at radius 1 is 1.39 bits per heavy atom. The van der Waals surface area contributed by atoms with Gasteiger partial charge in [-0.25, -0.2) is 4.98 Å². The van der Waals surface area contributed by atoms with Crippen LogP contribution in [0.3, 0.4) is 0 Å². The number of nitrogens with one attached hydrogen (secondary N) is 1. The number of carbonyl (C=O) groups excluding carboxylic acids is 1. The fourth-order valence-corrected chi connectivity index (χ4v) is 1.83. The number of nitrogens with zero attached hydrogens (tertiary/aromatic N) is 2. The lowest BCUT2D eigenvalue weighted by Gasteiger charge is -2.03. The van der Waals surface area contributed by atoms with E-state index in [4.69, 9.17) is 0 Å². The van der Waals surface area contributed by atoms with Gasteiger partial charge < -0.3 is 9.88 Å².